The van der Waals surface area contributed by atoms with Gasteiger partial charge in [0.25, 0.3) is 0 Å². The summed E-state index contributed by atoms with van der Waals surface area (Å²) >= 11 is 0. The van der Waals surface area contributed by atoms with Crippen molar-refractivity contribution in [1.29, 1.82) is 0 Å². The molecular weight excluding hydrogens is 321 g/mol. The van der Waals surface area contributed by atoms with Gasteiger partial charge in [0.1, 0.15) is 22.9 Å². The molecular formula is C20H22FNO3. The van der Waals surface area contributed by atoms with Crippen LogP contribution in [-0.2, 0) is 11.2 Å². The van der Waals surface area contributed by atoms with Crippen LogP contribution in [0.4, 0.5) is 9.18 Å². The van der Waals surface area contributed by atoms with E-state index in [-0.39, 0.29) is 11.7 Å². The van der Waals surface area contributed by atoms with Crippen molar-refractivity contribution >= 4 is 6.09 Å². The predicted octanol–water partition coefficient (Wildman–Crippen LogP) is 4.78. The van der Waals surface area contributed by atoms with Gasteiger partial charge in [0, 0.05) is 18.0 Å². The second kappa shape index (κ2) is 6.75. The Labute approximate surface area is 147 Å². The Morgan fingerprint density at radius 1 is 1.20 bits per heavy atom. The first-order valence-corrected chi connectivity index (χ1v) is 8.34. The second-order valence-electron chi connectivity index (χ2n) is 7.14. The van der Waals surface area contributed by atoms with Crippen LogP contribution in [0.15, 0.2) is 42.5 Å². The second-order valence-corrected chi connectivity index (χ2v) is 7.14. The van der Waals surface area contributed by atoms with Gasteiger partial charge < -0.3 is 14.8 Å². The van der Waals surface area contributed by atoms with E-state index >= 15 is 0 Å². The summed E-state index contributed by atoms with van der Waals surface area (Å²) < 4.78 is 25.5. The van der Waals surface area contributed by atoms with Crippen LogP contribution in [0.1, 0.15) is 37.8 Å². The number of rotatable bonds is 2. The summed E-state index contributed by atoms with van der Waals surface area (Å²) in [4.78, 5) is 12.0. The molecule has 2 aromatic carbocycles. The maximum Gasteiger partial charge on any atom is 0.407 e. The van der Waals surface area contributed by atoms with Crippen molar-refractivity contribution in [3.63, 3.8) is 0 Å². The maximum absolute atomic E-state index is 14.3. The number of ether oxygens (including phenoxy) is 2. The largest absolute Gasteiger partial charge is 0.457 e. The van der Waals surface area contributed by atoms with Gasteiger partial charge in [-0.15, -0.1) is 0 Å². The van der Waals surface area contributed by atoms with Gasteiger partial charge >= 0.3 is 6.09 Å². The highest BCUT2D eigenvalue weighted by Crippen LogP contribution is 2.39. The van der Waals surface area contributed by atoms with E-state index in [9.17, 15) is 9.18 Å². The van der Waals surface area contributed by atoms with Gasteiger partial charge in [0.15, 0.2) is 0 Å². The standard InChI is InChI=1S/C20H22FNO3/c1-20(2,3)25-19(23)22-12-13-11-15-16(21)8-6-10-18(15)24-17-9-5-4-7-14(13)17/h4-10,13H,11-12H2,1-3H3,(H,22,23). The average molecular weight is 343 g/mol. The minimum Gasteiger partial charge on any atom is -0.457 e. The molecule has 0 fully saturated rings. The van der Waals surface area contributed by atoms with Gasteiger partial charge in [-0.05, 0) is 51.0 Å². The fourth-order valence-corrected chi connectivity index (χ4v) is 2.92. The van der Waals surface area contributed by atoms with Crippen LogP contribution in [-0.4, -0.2) is 18.2 Å². The topological polar surface area (TPSA) is 47.6 Å². The molecule has 0 saturated carbocycles. The lowest BCUT2D eigenvalue weighted by Gasteiger charge is -2.22. The molecule has 0 aliphatic carbocycles. The molecule has 132 valence electrons. The minimum absolute atomic E-state index is 0.109. The van der Waals surface area contributed by atoms with Gasteiger partial charge in [-0.25, -0.2) is 9.18 Å². The highest BCUT2D eigenvalue weighted by atomic mass is 19.1. The molecule has 1 atom stereocenters. The van der Waals surface area contributed by atoms with Crippen molar-refractivity contribution in [2.45, 2.75) is 38.7 Å². The van der Waals surface area contributed by atoms with Gasteiger partial charge in [-0.3, -0.25) is 0 Å². The Balaban J connectivity index is 1.85. The first-order valence-electron chi connectivity index (χ1n) is 8.34. The molecule has 2 aromatic rings. The zero-order valence-electron chi connectivity index (χ0n) is 14.6. The molecule has 1 aliphatic heterocycles. The van der Waals surface area contributed by atoms with Crippen molar-refractivity contribution in [1.82, 2.24) is 5.32 Å². The van der Waals surface area contributed by atoms with Gasteiger partial charge in [-0.2, -0.15) is 0 Å². The zero-order valence-corrected chi connectivity index (χ0v) is 14.6. The summed E-state index contributed by atoms with van der Waals surface area (Å²) in [5.41, 5.74) is 0.900. The molecule has 5 heteroatoms. The molecule has 0 saturated heterocycles. The number of carbonyl (C=O) groups is 1. The van der Waals surface area contributed by atoms with Gasteiger partial charge in [0.2, 0.25) is 0 Å². The lowest BCUT2D eigenvalue weighted by molar-refractivity contribution is 0.0524. The number of amides is 1. The van der Waals surface area contributed by atoms with E-state index in [1.54, 1.807) is 12.1 Å². The molecule has 0 radical (unpaired) electrons. The highest BCUT2D eigenvalue weighted by Gasteiger charge is 2.26. The Kier molecular flexibility index (Phi) is 4.66. The zero-order chi connectivity index (χ0) is 18.0. The number of para-hydroxylation sites is 1. The van der Waals surface area contributed by atoms with Gasteiger partial charge in [0.05, 0.1) is 0 Å². The summed E-state index contributed by atoms with van der Waals surface area (Å²) in [5.74, 6) is 0.796. The van der Waals surface area contributed by atoms with Crippen molar-refractivity contribution in [3.8, 4) is 11.5 Å². The summed E-state index contributed by atoms with van der Waals surface area (Å²) in [6, 6.07) is 12.4. The molecule has 1 unspecified atom stereocenters. The number of benzene rings is 2. The van der Waals surface area contributed by atoms with Crippen molar-refractivity contribution < 1.29 is 18.7 Å². The van der Waals surface area contributed by atoms with Crippen molar-refractivity contribution in [3.05, 3.63) is 59.4 Å². The van der Waals surface area contributed by atoms with Crippen LogP contribution >= 0.6 is 0 Å². The van der Waals surface area contributed by atoms with E-state index in [0.29, 0.717) is 30.0 Å². The van der Waals surface area contributed by atoms with Crippen molar-refractivity contribution in [2.75, 3.05) is 6.54 Å². The van der Waals surface area contributed by atoms with E-state index in [1.807, 2.05) is 45.0 Å². The molecule has 0 bridgehead atoms. The Morgan fingerprint density at radius 2 is 1.92 bits per heavy atom. The first-order chi connectivity index (χ1) is 11.8. The number of fused-ring (bicyclic) bond motifs is 2. The van der Waals surface area contributed by atoms with E-state index in [1.165, 1.54) is 6.07 Å². The molecule has 3 rings (SSSR count). The Bertz CT molecular complexity index is 783. The van der Waals surface area contributed by atoms with E-state index in [2.05, 4.69) is 5.32 Å². The third-order valence-electron chi connectivity index (χ3n) is 4.00. The van der Waals surface area contributed by atoms with Crippen LogP contribution in [0, 0.1) is 5.82 Å². The molecule has 25 heavy (non-hydrogen) atoms. The number of hydrogen-bond donors (Lipinski definition) is 1. The number of alkyl carbamates (subject to hydrolysis) is 1. The third-order valence-corrected chi connectivity index (χ3v) is 4.00. The number of carbonyl (C=O) groups excluding carboxylic acids is 1. The normalized spacial score (nSPS) is 16.1. The monoisotopic (exact) mass is 343 g/mol. The fraction of sp³-hybridized carbons (Fsp3) is 0.350. The quantitative estimate of drug-likeness (QED) is 0.853. The number of hydrogen-bond acceptors (Lipinski definition) is 3. The van der Waals surface area contributed by atoms with Gasteiger partial charge in [-0.1, -0.05) is 24.3 Å². The Hall–Kier alpha value is -2.56. The lowest BCUT2D eigenvalue weighted by atomic mass is 9.91. The van der Waals surface area contributed by atoms with E-state index in [4.69, 9.17) is 9.47 Å². The molecule has 1 N–H and O–H groups in total. The summed E-state index contributed by atoms with van der Waals surface area (Å²) in [6.07, 6.45) is -0.0432. The maximum atomic E-state index is 14.3. The van der Waals surface area contributed by atoms with E-state index in [0.717, 1.165) is 5.56 Å². The predicted molar refractivity (Wildman–Crippen MR) is 93.6 cm³/mol. The molecule has 0 spiro atoms. The van der Waals surface area contributed by atoms with Crippen molar-refractivity contribution in [2.24, 2.45) is 0 Å². The van der Waals surface area contributed by atoms with Crippen LogP contribution in [0.25, 0.3) is 0 Å². The molecule has 0 aromatic heterocycles. The third kappa shape index (κ3) is 4.10. The molecule has 1 amide bonds. The fourth-order valence-electron chi connectivity index (χ4n) is 2.92. The summed E-state index contributed by atoms with van der Waals surface area (Å²) in [6.45, 7) is 5.77. The number of nitrogens with one attached hydrogen (secondary N) is 1. The lowest BCUT2D eigenvalue weighted by Crippen LogP contribution is -2.35. The molecule has 1 aliphatic rings. The van der Waals surface area contributed by atoms with E-state index < -0.39 is 11.7 Å². The Morgan fingerprint density at radius 3 is 2.68 bits per heavy atom. The number of halogens is 1. The smallest absolute Gasteiger partial charge is 0.407 e. The van der Waals surface area contributed by atoms with Crippen LogP contribution in [0.5, 0.6) is 11.5 Å². The molecule has 4 nitrogen and oxygen atoms in total. The molecule has 1 heterocycles. The average Bonchev–Trinajstić information content (AvgIpc) is 2.69. The summed E-state index contributed by atoms with van der Waals surface area (Å²) in [5, 5.41) is 2.79. The van der Waals surface area contributed by atoms with Crippen LogP contribution < -0.4 is 10.1 Å². The SMILES string of the molecule is CC(C)(C)OC(=O)NCC1Cc2c(F)cccc2Oc2ccccc21. The minimum atomic E-state index is -0.562. The van der Waals surface area contributed by atoms with Crippen LogP contribution in [0.2, 0.25) is 0 Å². The first kappa shape index (κ1) is 17.3. The highest BCUT2D eigenvalue weighted by molar-refractivity contribution is 5.67. The summed E-state index contributed by atoms with van der Waals surface area (Å²) in [7, 11) is 0. The van der Waals surface area contributed by atoms with Crippen LogP contribution in [0.3, 0.4) is 0 Å².